The van der Waals surface area contributed by atoms with Gasteiger partial charge in [0.2, 0.25) is 0 Å². The molecule has 3 nitrogen and oxygen atoms in total. The Balaban J connectivity index is 2.15. The number of Topliss-reactive ketones (excluding diaryl/α,β-unsaturated/α-hetero) is 1. The first kappa shape index (κ1) is 13.6. The molecule has 1 aliphatic heterocycles. The predicted octanol–water partition coefficient (Wildman–Crippen LogP) is 2.29. The number of nitrogens with one attached hydrogen (secondary N) is 1. The van der Waals surface area contributed by atoms with Crippen LogP contribution in [0.5, 0.6) is 0 Å². The highest BCUT2D eigenvalue weighted by atomic mass is 79.9. The van der Waals surface area contributed by atoms with Crippen LogP contribution in [0.1, 0.15) is 16.8 Å². The number of carbonyl (C=O) groups is 1. The third kappa shape index (κ3) is 2.93. The van der Waals surface area contributed by atoms with Crippen molar-refractivity contribution in [2.24, 2.45) is 0 Å². The summed E-state index contributed by atoms with van der Waals surface area (Å²) >= 11 is 2.94. The zero-order chi connectivity index (χ0) is 13.1. The van der Waals surface area contributed by atoms with E-state index in [1.54, 1.807) is 0 Å². The summed E-state index contributed by atoms with van der Waals surface area (Å²) < 4.78 is 32.5. The zero-order valence-corrected chi connectivity index (χ0v) is 11.1. The van der Waals surface area contributed by atoms with Crippen molar-refractivity contribution in [1.82, 2.24) is 5.32 Å². The number of ether oxygens (including phenoxy) is 1. The standard InChI is InChI=1S/C12H12BrF2NO2/c13-8-1-2-9(14)11(12(8)15)10(17)5-7-6-18-4-3-16-7/h1-2,7,16H,3-6H2. The Morgan fingerprint density at radius 1 is 1.50 bits per heavy atom. The lowest BCUT2D eigenvalue weighted by atomic mass is 10.0. The highest BCUT2D eigenvalue weighted by Gasteiger charge is 2.23. The summed E-state index contributed by atoms with van der Waals surface area (Å²) in [6, 6.07) is 2.12. The second-order valence-corrected chi connectivity index (χ2v) is 4.93. The molecule has 2 rings (SSSR count). The first-order chi connectivity index (χ1) is 8.59. The van der Waals surface area contributed by atoms with Gasteiger partial charge in [-0.25, -0.2) is 8.78 Å². The van der Waals surface area contributed by atoms with Crippen molar-refractivity contribution in [2.45, 2.75) is 12.5 Å². The molecule has 1 aromatic rings. The molecule has 1 fully saturated rings. The maximum Gasteiger partial charge on any atom is 0.170 e. The van der Waals surface area contributed by atoms with Gasteiger partial charge in [0, 0.05) is 19.0 Å². The van der Waals surface area contributed by atoms with Gasteiger partial charge >= 0.3 is 0 Å². The van der Waals surface area contributed by atoms with Gasteiger partial charge in [-0.05, 0) is 28.1 Å². The van der Waals surface area contributed by atoms with Gasteiger partial charge in [0.25, 0.3) is 0 Å². The normalized spacial score (nSPS) is 19.8. The van der Waals surface area contributed by atoms with E-state index in [0.717, 1.165) is 6.07 Å². The van der Waals surface area contributed by atoms with Crippen LogP contribution in [-0.4, -0.2) is 31.6 Å². The summed E-state index contributed by atoms with van der Waals surface area (Å²) in [7, 11) is 0. The summed E-state index contributed by atoms with van der Waals surface area (Å²) in [5.74, 6) is -2.25. The van der Waals surface area contributed by atoms with Gasteiger partial charge < -0.3 is 10.1 Å². The quantitative estimate of drug-likeness (QED) is 0.686. The maximum atomic E-state index is 13.7. The summed E-state index contributed by atoms with van der Waals surface area (Å²) in [5.41, 5.74) is -0.489. The van der Waals surface area contributed by atoms with Crippen LogP contribution in [0.4, 0.5) is 8.78 Å². The Hall–Kier alpha value is -0.850. The van der Waals surface area contributed by atoms with Crippen LogP contribution < -0.4 is 5.32 Å². The Labute approximate surface area is 112 Å². The zero-order valence-electron chi connectivity index (χ0n) is 9.51. The van der Waals surface area contributed by atoms with Crippen LogP contribution in [-0.2, 0) is 4.74 Å². The summed E-state index contributed by atoms with van der Waals surface area (Å²) in [4.78, 5) is 11.9. The fourth-order valence-corrected chi connectivity index (χ4v) is 2.19. The lowest BCUT2D eigenvalue weighted by Gasteiger charge is -2.23. The van der Waals surface area contributed by atoms with Crippen LogP contribution >= 0.6 is 15.9 Å². The van der Waals surface area contributed by atoms with Crippen LogP contribution in [0.2, 0.25) is 0 Å². The molecule has 0 aliphatic carbocycles. The number of ketones is 1. The van der Waals surface area contributed by atoms with Gasteiger partial charge in [0.05, 0.1) is 23.2 Å². The van der Waals surface area contributed by atoms with Crippen molar-refractivity contribution in [3.05, 3.63) is 33.8 Å². The number of hydrogen-bond donors (Lipinski definition) is 1. The van der Waals surface area contributed by atoms with Gasteiger partial charge in [-0.3, -0.25) is 4.79 Å². The fraction of sp³-hybridized carbons (Fsp3) is 0.417. The molecule has 1 unspecified atom stereocenters. The molecule has 0 radical (unpaired) electrons. The molecule has 1 aliphatic rings. The van der Waals surface area contributed by atoms with Gasteiger partial charge in [-0.1, -0.05) is 0 Å². The molecular formula is C12H12BrF2NO2. The second kappa shape index (κ2) is 5.86. The topological polar surface area (TPSA) is 38.3 Å². The van der Waals surface area contributed by atoms with Crippen molar-refractivity contribution in [1.29, 1.82) is 0 Å². The van der Waals surface area contributed by atoms with Crippen molar-refractivity contribution in [3.63, 3.8) is 0 Å². The van der Waals surface area contributed by atoms with Gasteiger partial charge in [0.1, 0.15) is 5.82 Å². The second-order valence-electron chi connectivity index (χ2n) is 4.07. The first-order valence-corrected chi connectivity index (χ1v) is 6.36. The Bertz CT molecular complexity index is 462. The van der Waals surface area contributed by atoms with Crippen molar-refractivity contribution in [2.75, 3.05) is 19.8 Å². The molecule has 0 amide bonds. The monoisotopic (exact) mass is 319 g/mol. The molecule has 18 heavy (non-hydrogen) atoms. The summed E-state index contributed by atoms with van der Waals surface area (Å²) in [6.45, 7) is 1.61. The highest BCUT2D eigenvalue weighted by molar-refractivity contribution is 9.10. The van der Waals surface area contributed by atoms with Crippen molar-refractivity contribution in [3.8, 4) is 0 Å². The van der Waals surface area contributed by atoms with E-state index in [2.05, 4.69) is 21.2 Å². The molecule has 0 bridgehead atoms. The molecule has 1 heterocycles. The van der Waals surface area contributed by atoms with E-state index in [-0.39, 0.29) is 16.9 Å². The van der Waals surface area contributed by atoms with E-state index in [9.17, 15) is 13.6 Å². The smallest absolute Gasteiger partial charge is 0.170 e. The van der Waals surface area contributed by atoms with E-state index >= 15 is 0 Å². The summed E-state index contributed by atoms with van der Waals surface area (Å²) in [6.07, 6.45) is 0.0181. The number of morpholine rings is 1. The predicted molar refractivity (Wildman–Crippen MR) is 65.6 cm³/mol. The molecule has 1 atom stereocenters. The molecule has 0 spiro atoms. The van der Waals surface area contributed by atoms with E-state index < -0.39 is 23.0 Å². The molecule has 0 aromatic heterocycles. The van der Waals surface area contributed by atoms with E-state index in [1.165, 1.54) is 6.07 Å². The summed E-state index contributed by atoms with van der Waals surface area (Å²) in [5, 5.41) is 3.07. The lowest BCUT2D eigenvalue weighted by Crippen LogP contribution is -2.42. The number of carbonyl (C=O) groups excluding carboxylic acids is 1. The molecule has 0 saturated carbocycles. The third-order valence-electron chi connectivity index (χ3n) is 2.75. The Kier molecular flexibility index (Phi) is 4.42. The number of benzene rings is 1. The van der Waals surface area contributed by atoms with Gasteiger partial charge in [-0.15, -0.1) is 0 Å². The molecule has 98 valence electrons. The Morgan fingerprint density at radius 3 is 2.94 bits per heavy atom. The van der Waals surface area contributed by atoms with Gasteiger partial charge in [-0.2, -0.15) is 0 Å². The molecule has 1 aromatic carbocycles. The number of hydrogen-bond acceptors (Lipinski definition) is 3. The van der Waals surface area contributed by atoms with Crippen LogP contribution in [0, 0.1) is 11.6 Å². The van der Waals surface area contributed by atoms with E-state index in [1.807, 2.05) is 0 Å². The average Bonchev–Trinajstić information content (AvgIpc) is 2.36. The number of rotatable bonds is 3. The molecule has 1 saturated heterocycles. The van der Waals surface area contributed by atoms with E-state index in [4.69, 9.17) is 4.74 Å². The Morgan fingerprint density at radius 2 is 2.28 bits per heavy atom. The van der Waals surface area contributed by atoms with E-state index in [0.29, 0.717) is 19.8 Å². The fourth-order valence-electron chi connectivity index (χ4n) is 1.86. The minimum atomic E-state index is -0.850. The highest BCUT2D eigenvalue weighted by Crippen LogP contribution is 2.23. The third-order valence-corrected chi connectivity index (χ3v) is 3.37. The minimum absolute atomic E-state index is 0.0181. The van der Waals surface area contributed by atoms with Crippen LogP contribution in [0.15, 0.2) is 16.6 Å². The molecule has 6 heteroatoms. The van der Waals surface area contributed by atoms with Crippen LogP contribution in [0.3, 0.4) is 0 Å². The minimum Gasteiger partial charge on any atom is -0.378 e. The van der Waals surface area contributed by atoms with Crippen molar-refractivity contribution < 1.29 is 18.3 Å². The van der Waals surface area contributed by atoms with Gasteiger partial charge in [0.15, 0.2) is 11.6 Å². The molecular weight excluding hydrogens is 308 g/mol. The maximum absolute atomic E-state index is 13.7. The SMILES string of the molecule is O=C(CC1COCCN1)c1c(F)ccc(Br)c1F. The number of halogens is 3. The van der Waals surface area contributed by atoms with Crippen molar-refractivity contribution >= 4 is 21.7 Å². The van der Waals surface area contributed by atoms with Crippen LogP contribution in [0.25, 0.3) is 0 Å². The first-order valence-electron chi connectivity index (χ1n) is 5.57. The average molecular weight is 320 g/mol. The largest absolute Gasteiger partial charge is 0.378 e. The molecule has 1 N–H and O–H groups in total. The lowest BCUT2D eigenvalue weighted by molar-refractivity contribution is 0.0672.